The second-order valence-electron chi connectivity index (χ2n) is 1.03. The van der Waals surface area contributed by atoms with Gasteiger partial charge in [0.25, 0.3) is 0 Å². The molecule has 68 valence electrons. The molecule has 0 fully saturated rings. The summed E-state index contributed by atoms with van der Waals surface area (Å²) in [5.41, 5.74) is 0. The van der Waals surface area contributed by atoms with Crippen LogP contribution in [-0.2, 0) is 20.6 Å². The van der Waals surface area contributed by atoms with Gasteiger partial charge in [-0.15, -0.1) is 0 Å². The molecular formula is H8CaN2O6S2. The minimum absolute atomic E-state index is 0. The minimum atomic E-state index is -4.17. The zero-order valence-corrected chi connectivity index (χ0v) is 6.13. The van der Waals surface area contributed by atoms with Crippen molar-refractivity contribution in [3.63, 3.8) is 0 Å². The first-order valence-corrected chi connectivity index (χ1v) is 4.51. The Labute approximate surface area is 93.7 Å². The Morgan fingerprint density at radius 3 is 0.818 bits per heavy atom. The quantitative estimate of drug-likeness (QED) is 0.253. The third kappa shape index (κ3) is 891. The van der Waals surface area contributed by atoms with E-state index in [0.717, 1.165) is 0 Å². The second-order valence-corrected chi connectivity index (χ2v) is 3.09. The maximum atomic E-state index is 8.97. The van der Waals surface area contributed by atoms with Crippen LogP contribution in [0.15, 0.2) is 0 Å². The number of hydrogen-bond donors (Lipinski definition) is 4. The molecule has 0 atom stereocenters. The Morgan fingerprint density at radius 1 is 0.818 bits per heavy atom. The van der Waals surface area contributed by atoms with Crippen LogP contribution in [0.25, 0.3) is 0 Å². The zero-order valence-electron chi connectivity index (χ0n) is 4.50. The number of nitrogens with two attached hydrogens (primary N) is 2. The van der Waals surface area contributed by atoms with Gasteiger partial charge >= 0.3 is 58.3 Å². The van der Waals surface area contributed by atoms with Crippen LogP contribution >= 0.6 is 0 Å². The van der Waals surface area contributed by atoms with Gasteiger partial charge in [-0.2, -0.15) is 16.8 Å². The Kier molecular flexibility index (Phi) is 10.6. The van der Waals surface area contributed by atoms with E-state index < -0.39 is 20.6 Å². The second kappa shape index (κ2) is 6.51. The third-order valence-electron chi connectivity index (χ3n) is 0. The van der Waals surface area contributed by atoms with Gasteiger partial charge in [-0.05, 0) is 0 Å². The van der Waals surface area contributed by atoms with E-state index in [9.17, 15) is 0 Å². The first kappa shape index (κ1) is 17.9. The standard InChI is InChI=1S/Ca.2H3NO3S.2H/c;2*1-5(2,3)4;;/h;2*(H3,1,2,3,4);;. The maximum absolute atomic E-state index is 8.97. The molecule has 0 aromatic heterocycles. The molecule has 6 N–H and O–H groups in total. The van der Waals surface area contributed by atoms with Crippen molar-refractivity contribution in [3.05, 3.63) is 0 Å². The van der Waals surface area contributed by atoms with E-state index in [1.807, 2.05) is 0 Å². The average molecular weight is 236 g/mol. The summed E-state index contributed by atoms with van der Waals surface area (Å²) in [6.07, 6.45) is 0. The van der Waals surface area contributed by atoms with Crippen molar-refractivity contribution in [2.75, 3.05) is 0 Å². The monoisotopic (exact) mass is 236 g/mol. The first-order chi connectivity index (χ1) is 4.00. The molecule has 0 radical (unpaired) electrons. The summed E-state index contributed by atoms with van der Waals surface area (Å²) in [4.78, 5) is 0. The predicted molar refractivity (Wildman–Crippen MR) is 40.0 cm³/mol. The first-order valence-electron chi connectivity index (χ1n) is 1.50. The normalized spacial score (nSPS) is 10.5. The molecule has 0 saturated heterocycles. The van der Waals surface area contributed by atoms with Crippen LogP contribution < -0.4 is 10.3 Å². The van der Waals surface area contributed by atoms with Crippen molar-refractivity contribution in [2.24, 2.45) is 10.3 Å². The fourth-order valence-corrected chi connectivity index (χ4v) is 0. The summed E-state index contributed by atoms with van der Waals surface area (Å²) in [6.45, 7) is 0. The van der Waals surface area contributed by atoms with E-state index in [1.165, 1.54) is 0 Å². The summed E-state index contributed by atoms with van der Waals surface area (Å²) in [7, 11) is -8.33. The van der Waals surface area contributed by atoms with Crippen LogP contribution in [0, 0.1) is 0 Å². The SMILES string of the molecule is NS(=O)(=O)O.NS(=O)(=O)O.[CaH2]. The zero-order chi connectivity index (χ0) is 9.00. The fourth-order valence-electron chi connectivity index (χ4n) is 0. The molecule has 0 aromatic rings. The van der Waals surface area contributed by atoms with Crippen molar-refractivity contribution in [2.45, 2.75) is 0 Å². The summed E-state index contributed by atoms with van der Waals surface area (Å²) in [6, 6.07) is 0. The molecule has 0 aliphatic carbocycles. The van der Waals surface area contributed by atoms with Crippen LogP contribution in [-0.4, -0.2) is 63.7 Å². The third-order valence-corrected chi connectivity index (χ3v) is 0. The van der Waals surface area contributed by atoms with Gasteiger partial charge in [-0.3, -0.25) is 9.11 Å². The van der Waals surface area contributed by atoms with Crippen molar-refractivity contribution in [1.82, 2.24) is 0 Å². The van der Waals surface area contributed by atoms with Crippen LogP contribution in [0.3, 0.4) is 0 Å². The van der Waals surface area contributed by atoms with Crippen molar-refractivity contribution < 1.29 is 25.9 Å². The molecule has 8 nitrogen and oxygen atoms in total. The van der Waals surface area contributed by atoms with Crippen LogP contribution in [0.2, 0.25) is 0 Å². The molecule has 0 rings (SSSR count). The molecule has 11 heteroatoms. The number of rotatable bonds is 0. The molecule has 0 bridgehead atoms. The summed E-state index contributed by atoms with van der Waals surface area (Å²) in [5, 5.41) is 7.76. The predicted octanol–water partition coefficient (Wildman–Crippen LogP) is -3.42. The van der Waals surface area contributed by atoms with Gasteiger partial charge in [-0.25, -0.2) is 10.3 Å². The van der Waals surface area contributed by atoms with Crippen molar-refractivity contribution in [3.8, 4) is 0 Å². The average Bonchev–Trinajstić information content (AvgIpc) is 1.12. The van der Waals surface area contributed by atoms with Gasteiger partial charge in [0, 0.05) is 0 Å². The van der Waals surface area contributed by atoms with E-state index in [2.05, 4.69) is 10.3 Å². The van der Waals surface area contributed by atoms with Gasteiger partial charge < -0.3 is 0 Å². The molecule has 0 saturated carbocycles. The molecule has 0 aliphatic rings. The molecule has 0 spiro atoms. The molecule has 0 aromatic carbocycles. The Hall–Kier alpha value is 1.000. The summed E-state index contributed by atoms with van der Waals surface area (Å²) in [5.74, 6) is 0. The van der Waals surface area contributed by atoms with Gasteiger partial charge in [0.2, 0.25) is 0 Å². The van der Waals surface area contributed by atoms with Crippen LogP contribution in [0.5, 0.6) is 0 Å². The molecule has 11 heavy (non-hydrogen) atoms. The van der Waals surface area contributed by atoms with Crippen molar-refractivity contribution >= 4 is 58.3 Å². The molecule has 0 amide bonds. The Bertz CT molecular complexity index is 215. The van der Waals surface area contributed by atoms with E-state index in [0.29, 0.717) is 0 Å². The van der Waals surface area contributed by atoms with Crippen LogP contribution in [0.4, 0.5) is 0 Å². The van der Waals surface area contributed by atoms with Gasteiger partial charge in [0.1, 0.15) is 0 Å². The summed E-state index contributed by atoms with van der Waals surface area (Å²) >= 11 is 0. The van der Waals surface area contributed by atoms with Gasteiger partial charge in [0.15, 0.2) is 0 Å². The summed E-state index contributed by atoms with van der Waals surface area (Å²) < 4.78 is 50.4. The van der Waals surface area contributed by atoms with E-state index in [1.54, 1.807) is 0 Å². The Balaban J connectivity index is -0.000000107. The van der Waals surface area contributed by atoms with E-state index in [-0.39, 0.29) is 37.7 Å². The van der Waals surface area contributed by atoms with Gasteiger partial charge in [-0.1, -0.05) is 0 Å². The van der Waals surface area contributed by atoms with E-state index >= 15 is 0 Å². The number of hydrogen-bond acceptors (Lipinski definition) is 4. The van der Waals surface area contributed by atoms with Crippen molar-refractivity contribution in [1.29, 1.82) is 0 Å². The fraction of sp³-hybridized carbons (Fsp3) is 0. The van der Waals surface area contributed by atoms with Crippen LogP contribution in [0.1, 0.15) is 0 Å². The van der Waals surface area contributed by atoms with E-state index in [4.69, 9.17) is 25.9 Å². The molecular weight excluding hydrogens is 228 g/mol. The molecule has 0 heterocycles. The Morgan fingerprint density at radius 2 is 0.818 bits per heavy atom. The topological polar surface area (TPSA) is 161 Å². The molecule has 0 unspecified atom stereocenters. The van der Waals surface area contributed by atoms with Gasteiger partial charge in [0.05, 0.1) is 0 Å². The molecule has 0 aliphatic heterocycles.